The number of hydrogen-bond donors (Lipinski definition) is 0. The first-order valence-corrected chi connectivity index (χ1v) is 22.0. The summed E-state index contributed by atoms with van der Waals surface area (Å²) in [5, 5.41) is 0. The minimum Gasteiger partial charge on any atom is -0.465 e. The van der Waals surface area contributed by atoms with Crippen LogP contribution in [-0.2, 0) is 4.74 Å². The van der Waals surface area contributed by atoms with E-state index in [9.17, 15) is 4.79 Å². The van der Waals surface area contributed by atoms with E-state index in [0.717, 1.165) is 106 Å². The third-order valence-corrected chi connectivity index (χ3v) is 12.5. The van der Waals surface area contributed by atoms with Gasteiger partial charge in [-0.25, -0.2) is 4.79 Å². The first-order chi connectivity index (χ1) is 32.1. The number of methoxy groups -OCH3 is 1. The normalized spacial score (nSPS) is 11.5. The Balaban J connectivity index is 1.14. The van der Waals surface area contributed by atoms with Crippen LogP contribution >= 0.6 is 0 Å². The molecule has 3 nitrogen and oxygen atoms in total. The first-order valence-electron chi connectivity index (χ1n) is 22.0. The molecule has 1 aliphatic rings. The fraction of sp³-hybridized carbons (Fsp3) is 0.0161. The van der Waals surface area contributed by atoms with Gasteiger partial charge in [0.2, 0.25) is 0 Å². The number of rotatable bonds is 8. The molecule has 65 heavy (non-hydrogen) atoms. The third kappa shape index (κ3) is 7.49. The van der Waals surface area contributed by atoms with Crippen LogP contribution in [-0.4, -0.2) is 13.1 Å². The van der Waals surface area contributed by atoms with Crippen LogP contribution in [0.15, 0.2) is 243 Å². The van der Waals surface area contributed by atoms with Crippen molar-refractivity contribution in [2.75, 3.05) is 12.0 Å². The summed E-state index contributed by atoms with van der Waals surface area (Å²) in [5.41, 5.74) is 21.1. The van der Waals surface area contributed by atoms with Gasteiger partial charge in [0.25, 0.3) is 0 Å². The number of para-hydroxylation sites is 1. The van der Waals surface area contributed by atoms with Crippen molar-refractivity contribution in [2.24, 2.45) is 0 Å². The van der Waals surface area contributed by atoms with Crippen LogP contribution in [0.2, 0.25) is 0 Å². The Morgan fingerprint density at radius 3 is 0.985 bits per heavy atom. The first kappa shape index (κ1) is 39.3. The highest BCUT2D eigenvalue weighted by molar-refractivity contribution is 6.07. The molecule has 308 valence electrons. The predicted molar refractivity (Wildman–Crippen MR) is 270 cm³/mol. The largest absolute Gasteiger partial charge is 0.465 e. The van der Waals surface area contributed by atoms with Crippen molar-refractivity contribution in [1.82, 2.24) is 0 Å². The molecule has 0 saturated heterocycles. The topological polar surface area (TPSA) is 29.5 Å². The summed E-state index contributed by atoms with van der Waals surface area (Å²) >= 11 is 0. The van der Waals surface area contributed by atoms with Crippen LogP contribution in [0.4, 0.5) is 17.1 Å². The SMILES string of the molecule is COC(=O)c1ccccc1N1c2ccc(-c3cc(-c4ccccc4)cc(-c4ccccc4)c3)cc2-c2ccccc2-c2cc(-c3cc(-c4ccccc4)cc(-c4ccccc4)c3)ccc21. The van der Waals surface area contributed by atoms with Gasteiger partial charge in [-0.1, -0.05) is 170 Å². The van der Waals surface area contributed by atoms with Crippen LogP contribution in [0.1, 0.15) is 10.4 Å². The predicted octanol–water partition coefficient (Wildman–Crippen LogP) is 16.6. The number of fused-ring (bicyclic) bond motifs is 5. The Morgan fingerprint density at radius 2 is 0.615 bits per heavy atom. The summed E-state index contributed by atoms with van der Waals surface area (Å²) in [6, 6.07) is 86.0. The highest BCUT2D eigenvalue weighted by Gasteiger charge is 2.29. The average Bonchev–Trinajstić information content (AvgIpc) is 3.51. The zero-order valence-corrected chi connectivity index (χ0v) is 35.9. The Hall–Kier alpha value is -8.53. The molecule has 0 fully saturated rings. The van der Waals surface area contributed by atoms with Gasteiger partial charge in [-0.05, 0) is 151 Å². The molecule has 10 aromatic carbocycles. The monoisotopic (exact) mass is 833 g/mol. The van der Waals surface area contributed by atoms with E-state index in [2.05, 4.69) is 223 Å². The van der Waals surface area contributed by atoms with E-state index in [1.54, 1.807) is 0 Å². The molecule has 0 N–H and O–H groups in total. The molecule has 10 aromatic rings. The second kappa shape index (κ2) is 17.0. The van der Waals surface area contributed by atoms with Gasteiger partial charge in [0, 0.05) is 11.1 Å². The molecule has 1 aliphatic heterocycles. The molecule has 0 aliphatic carbocycles. The van der Waals surface area contributed by atoms with Gasteiger partial charge >= 0.3 is 5.97 Å². The lowest BCUT2D eigenvalue weighted by Gasteiger charge is -2.29. The molecular formula is C62H43NO2. The smallest absolute Gasteiger partial charge is 0.339 e. The van der Waals surface area contributed by atoms with E-state index < -0.39 is 5.97 Å². The minimum absolute atomic E-state index is 0.393. The summed E-state index contributed by atoms with van der Waals surface area (Å²) in [6.07, 6.45) is 0. The molecule has 0 radical (unpaired) electrons. The number of ether oxygens (including phenoxy) is 1. The minimum atomic E-state index is -0.393. The van der Waals surface area contributed by atoms with Crippen LogP contribution < -0.4 is 4.90 Å². The molecular weight excluding hydrogens is 791 g/mol. The Morgan fingerprint density at radius 1 is 0.292 bits per heavy atom. The Bertz CT molecular complexity index is 3050. The van der Waals surface area contributed by atoms with Gasteiger partial charge in [0.1, 0.15) is 0 Å². The van der Waals surface area contributed by atoms with Crippen molar-refractivity contribution in [3.8, 4) is 89.0 Å². The van der Waals surface area contributed by atoms with Gasteiger partial charge < -0.3 is 9.64 Å². The number of anilines is 3. The zero-order valence-electron chi connectivity index (χ0n) is 35.9. The van der Waals surface area contributed by atoms with E-state index >= 15 is 0 Å². The number of nitrogens with zero attached hydrogens (tertiary/aromatic N) is 1. The Labute approximate surface area is 380 Å². The van der Waals surface area contributed by atoms with Crippen LogP contribution in [0.3, 0.4) is 0 Å². The molecule has 1 heterocycles. The van der Waals surface area contributed by atoms with E-state index in [1.807, 2.05) is 24.3 Å². The van der Waals surface area contributed by atoms with Gasteiger partial charge in [-0.2, -0.15) is 0 Å². The van der Waals surface area contributed by atoms with E-state index in [1.165, 1.54) is 7.11 Å². The van der Waals surface area contributed by atoms with E-state index in [-0.39, 0.29) is 0 Å². The summed E-state index contributed by atoms with van der Waals surface area (Å²) in [7, 11) is 1.44. The standard InChI is InChI=1S/C62H43NO2/c1-65-62(64)56-28-16-17-29-59(56)63-60-32-30-46(52-36-48(42-18-6-2-7-19-42)34-49(37-52)43-20-8-3-9-21-43)40-57(60)54-26-14-15-27-55(54)58-41-47(31-33-61(58)63)53-38-50(44-22-10-4-11-23-44)35-51(39-53)45-24-12-5-13-25-45/h2-41H,1H3. The van der Waals surface area contributed by atoms with Gasteiger partial charge in [0.05, 0.1) is 29.7 Å². The number of carbonyl (C=O) groups is 1. The number of carbonyl (C=O) groups excluding carboxylic acids is 1. The Kier molecular flexibility index (Phi) is 10.3. The quantitative estimate of drug-likeness (QED) is 0.143. The van der Waals surface area contributed by atoms with Gasteiger partial charge in [-0.15, -0.1) is 0 Å². The second-order valence-corrected chi connectivity index (χ2v) is 16.4. The lowest BCUT2D eigenvalue weighted by Crippen LogP contribution is -2.15. The summed E-state index contributed by atoms with van der Waals surface area (Å²) in [6.45, 7) is 0. The number of benzene rings is 10. The molecule has 0 saturated carbocycles. The molecule has 0 amide bonds. The summed E-state index contributed by atoms with van der Waals surface area (Å²) < 4.78 is 5.42. The molecule has 0 bridgehead atoms. The second-order valence-electron chi connectivity index (χ2n) is 16.4. The van der Waals surface area contributed by atoms with Crippen LogP contribution in [0, 0.1) is 0 Å². The molecule has 0 unspecified atom stereocenters. The lowest BCUT2D eigenvalue weighted by atomic mass is 9.89. The van der Waals surface area contributed by atoms with Crippen molar-refractivity contribution in [1.29, 1.82) is 0 Å². The van der Waals surface area contributed by atoms with Crippen molar-refractivity contribution in [3.63, 3.8) is 0 Å². The fourth-order valence-electron chi connectivity index (χ4n) is 9.32. The van der Waals surface area contributed by atoms with Gasteiger partial charge in [-0.3, -0.25) is 0 Å². The maximum atomic E-state index is 13.6. The van der Waals surface area contributed by atoms with Crippen molar-refractivity contribution in [2.45, 2.75) is 0 Å². The highest BCUT2D eigenvalue weighted by Crippen LogP contribution is 2.53. The maximum Gasteiger partial charge on any atom is 0.339 e. The maximum absolute atomic E-state index is 13.6. The lowest BCUT2D eigenvalue weighted by molar-refractivity contribution is 0.0601. The summed E-state index contributed by atoms with van der Waals surface area (Å²) in [4.78, 5) is 15.9. The van der Waals surface area contributed by atoms with Gasteiger partial charge in [0.15, 0.2) is 0 Å². The molecule has 11 rings (SSSR count). The third-order valence-electron chi connectivity index (χ3n) is 12.5. The van der Waals surface area contributed by atoms with Crippen molar-refractivity contribution in [3.05, 3.63) is 248 Å². The van der Waals surface area contributed by atoms with E-state index in [0.29, 0.717) is 5.56 Å². The average molecular weight is 834 g/mol. The zero-order chi connectivity index (χ0) is 43.7. The molecule has 3 heteroatoms. The molecule has 0 atom stereocenters. The fourth-order valence-corrected chi connectivity index (χ4v) is 9.32. The van der Waals surface area contributed by atoms with Crippen LogP contribution in [0.25, 0.3) is 89.0 Å². The molecule has 0 aromatic heterocycles. The number of hydrogen-bond acceptors (Lipinski definition) is 3. The summed E-state index contributed by atoms with van der Waals surface area (Å²) in [5.74, 6) is -0.393. The van der Waals surface area contributed by atoms with Crippen molar-refractivity contribution < 1.29 is 9.53 Å². The molecule has 0 spiro atoms. The van der Waals surface area contributed by atoms with Crippen molar-refractivity contribution >= 4 is 23.0 Å². The van der Waals surface area contributed by atoms with E-state index in [4.69, 9.17) is 4.74 Å². The number of esters is 1. The van der Waals surface area contributed by atoms with Crippen LogP contribution in [0.5, 0.6) is 0 Å². The highest BCUT2D eigenvalue weighted by atomic mass is 16.5.